The Labute approximate surface area is 140 Å². The fourth-order valence-corrected chi connectivity index (χ4v) is 2.98. The van der Waals surface area contributed by atoms with Gasteiger partial charge in [-0.3, -0.25) is 10.0 Å². The molecule has 0 aliphatic heterocycles. The number of methoxy groups -OCH3 is 1. The maximum absolute atomic E-state index is 11.6. The van der Waals surface area contributed by atoms with Crippen molar-refractivity contribution in [2.45, 2.75) is 32.2 Å². The molecule has 0 saturated carbocycles. The van der Waals surface area contributed by atoms with Crippen LogP contribution >= 0.6 is 0 Å². The van der Waals surface area contributed by atoms with E-state index >= 15 is 0 Å². The van der Waals surface area contributed by atoms with Crippen molar-refractivity contribution in [1.29, 1.82) is 0 Å². The van der Waals surface area contributed by atoms with Crippen LogP contribution in [0.25, 0.3) is 0 Å². The van der Waals surface area contributed by atoms with Crippen molar-refractivity contribution in [3.8, 4) is 5.88 Å². The lowest BCUT2D eigenvalue weighted by molar-refractivity contribution is 0.0706. The van der Waals surface area contributed by atoms with Gasteiger partial charge >= 0.3 is 0 Å². The summed E-state index contributed by atoms with van der Waals surface area (Å²) in [5.74, 6) is 0.576. The zero-order valence-corrected chi connectivity index (χ0v) is 13.7. The fraction of sp³-hybridized carbons (Fsp3) is 0.353. The van der Waals surface area contributed by atoms with Crippen molar-refractivity contribution in [1.82, 2.24) is 15.4 Å². The Kier molecular flexibility index (Phi) is 4.61. The first-order chi connectivity index (χ1) is 11.6. The number of amides is 1. The van der Waals surface area contributed by atoms with Gasteiger partial charge in [0.25, 0.3) is 5.91 Å². The molecule has 0 spiro atoms. The van der Waals surface area contributed by atoms with Gasteiger partial charge in [-0.05, 0) is 49.4 Å². The second-order valence-electron chi connectivity index (χ2n) is 5.88. The Balaban J connectivity index is 1.77. The molecule has 126 valence electrons. The van der Waals surface area contributed by atoms with E-state index in [9.17, 15) is 4.79 Å². The number of rotatable bonds is 4. The minimum atomic E-state index is -0.500. The van der Waals surface area contributed by atoms with Crippen LogP contribution < -0.4 is 15.5 Å². The Morgan fingerprint density at radius 2 is 2.12 bits per heavy atom. The molecule has 24 heavy (non-hydrogen) atoms. The van der Waals surface area contributed by atoms with Crippen LogP contribution in [0.2, 0.25) is 0 Å². The Morgan fingerprint density at radius 1 is 1.29 bits per heavy atom. The summed E-state index contributed by atoms with van der Waals surface area (Å²) >= 11 is 0. The van der Waals surface area contributed by atoms with Gasteiger partial charge in [-0.25, -0.2) is 10.5 Å². The molecule has 3 N–H and O–H groups in total. The minimum Gasteiger partial charge on any atom is -0.481 e. The molecule has 1 amide bonds. The number of aromatic nitrogens is 2. The highest BCUT2D eigenvalue weighted by Gasteiger charge is 2.21. The summed E-state index contributed by atoms with van der Waals surface area (Å²) < 4.78 is 5.18. The molecular weight excluding hydrogens is 308 g/mol. The Bertz CT molecular complexity index is 763. The fourth-order valence-electron chi connectivity index (χ4n) is 2.98. The minimum absolute atomic E-state index is 0.177. The molecule has 1 aliphatic rings. The number of hydrogen-bond acceptors (Lipinski definition) is 6. The normalized spacial score (nSPS) is 16.2. The van der Waals surface area contributed by atoms with Gasteiger partial charge in [0.05, 0.1) is 7.11 Å². The average molecular weight is 328 g/mol. The molecule has 1 atom stereocenters. The third kappa shape index (κ3) is 3.46. The zero-order valence-electron chi connectivity index (χ0n) is 13.7. The SMILES string of the molecule is COc1cc(C)nc(NC2CCc3ccc(C(=O)NO)cc3C2)n1. The van der Waals surface area contributed by atoms with Gasteiger partial charge in [0.1, 0.15) is 0 Å². The van der Waals surface area contributed by atoms with E-state index in [4.69, 9.17) is 9.94 Å². The smallest absolute Gasteiger partial charge is 0.274 e. The van der Waals surface area contributed by atoms with Crippen molar-refractivity contribution in [2.75, 3.05) is 12.4 Å². The van der Waals surface area contributed by atoms with Gasteiger partial charge in [0, 0.05) is 23.4 Å². The van der Waals surface area contributed by atoms with Gasteiger partial charge in [-0.15, -0.1) is 0 Å². The lowest BCUT2D eigenvalue weighted by Gasteiger charge is -2.26. The van der Waals surface area contributed by atoms with E-state index in [0.29, 0.717) is 17.4 Å². The number of nitrogens with zero attached hydrogens (tertiary/aromatic N) is 2. The van der Waals surface area contributed by atoms with E-state index in [2.05, 4.69) is 15.3 Å². The third-order valence-corrected chi connectivity index (χ3v) is 4.17. The summed E-state index contributed by atoms with van der Waals surface area (Å²) in [6.07, 6.45) is 2.64. The van der Waals surface area contributed by atoms with Gasteiger partial charge in [-0.2, -0.15) is 4.98 Å². The number of fused-ring (bicyclic) bond motifs is 1. The predicted molar refractivity (Wildman–Crippen MR) is 88.5 cm³/mol. The van der Waals surface area contributed by atoms with E-state index in [1.165, 1.54) is 5.56 Å². The predicted octanol–water partition coefficient (Wildman–Crippen LogP) is 1.88. The maximum atomic E-state index is 11.6. The van der Waals surface area contributed by atoms with Crippen LogP contribution in [0, 0.1) is 6.92 Å². The van der Waals surface area contributed by atoms with Crippen LogP contribution in [0.3, 0.4) is 0 Å². The summed E-state index contributed by atoms with van der Waals surface area (Å²) in [7, 11) is 1.58. The van der Waals surface area contributed by atoms with Gasteiger partial charge in [-0.1, -0.05) is 6.07 Å². The highest BCUT2D eigenvalue weighted by atomic mass is 16.5. The number of benzene rings is 1. The molecule has 1 unspecified atom stereocenters. The summed E-state index contributed by atoms with van der Waals surface area (Å²) in [5.41, 5.74) is 5.28. The molecule has 0 fully saturated rings. The third-order valence-electron chi connectivity index (χ3n) is 4.17. The lowest BCUT2D eigenvalue weighted by Crippen LogP contribution is -2.29. The van der Waals surface area contributed by atoms with Crippen molar-refractivity contribution in [3.05, 3.63) is 46.6 Å². The number of nitrogens with one attached hydrogen (secondary N) is 2. The van der Waals surface area contributed by atoms with Crippen molar-refractivity contribution in [3.63, 3.8) is 0 Å². The number of anilines is 1. The van der Waals surface area contributed by atoms with E-state index in [0.717, 1.165) is 30.5 Å². The molecule has 1 heterocycles. The molecular formula is C17H20N4O3. The van der Waals surface area contributed by atoms with Gasteiger partial charge in [0.2, 0.25) is 11.8 Å². The molecule has 0 radical (unpaired) electrons. The number of carbonyl (C=O) groups excluding carboxylic acids is 1. The first-order valence-corrected chi connectivity index (χ1v) is 7.81. The maximum Gasteiger partial charge on any atom is 0.274 e. The second kappa shape index (κ2) is 6.84. The van der Waals surface area contributed by atoms with Crippen LogP contribution in [-0.4, -0.2) is 34.2 Å². The molecule has 1 aromatic heterocycles. The van der Waals surface area contributed by atoms with Crippen LogP contribution in [0.4, 0.5) is 5.95 Å². The molecule has 7 heteroatoms. The molecule has 1 aromatic carbocycles. The highest BCUT2D eigenvalue weighted by molar-refractivity contribution is 5.93. The standard InChI is InChI=1S/C17H20N4O3/c1-10-7-15(24-2)20-17(18-10)19-14-6-5-11-3-4-12(16(22)21-23)8-13(11)9-14/h3-4,7-8,14,23H,5-6,9H2,1-2H3,(H,21,22)(H,18,19,20). The monoisotopic (exact) mass is 328 g/mol. The first-order valence-electron chi connectivity index (χ1n) is 7.81. The molecule has 7 nitrogen and oxygen atoms in total. The van der Waals surface area contributed by atoms with Gasteiger partial charge < -0.3 is 10.1 Å². The highest BCUT2D eigenvalue weighted by Crippen LogP contribution is 2.25. The van der Waals surface area contributed by atoms with Crippen LogP contribution in [-0.2, 0) is 12.8 Å². The molecule has 0 bridgehead atoms. The van der Waals surface area contributed by atoms with Gasteiger partial charge in [0.15, 0.2) is 0 Å². The largest absolute Gasteiger partial charge is 0.481 e. The van der Waals surface area contributed by atoms with E-state index in [1.807, 2.05) is 19.1 Å². The summed E-state index contributed by atoms with van der Waals surface area (Å²) in [5, 5.41) is 12.1. The lowest BCUT2D eigenvalue weighted by atomic mass is 9.87. The summed E-state index contributed by atoms with van der Waals surface area (Å²) in [6.45, 7) is 1.89. The quantitative estimate of drug-likeness (QED) is 0.586. The molecule has 0 saturated heterocycles. The van der Waals surface area contributed by atoms with E-state index < -0.39 is 5.91 Å². The summed E-state index contributed by atoms with van der Waals surface area (Å²) in [6, 6.07) is 7.46. The molecule has 1 aliphatic carbocycles. The van der Waals surface area contributed by atoms with E-state index in [1.54, 1.807) is 24.7 Å². The summed E-state index contributed by atoms with van der Waals surface area (Å²) in [4.78, 5) is 20.3. The number of ether oxygens (including phenoxy) is 1. The second-order valence-corrected chi connectivity index (χ2v) is 5.88. The number of aryl methyl sites for hydroxylation is 2. The Morgan fingerprint density at radius 3 is 2.88 bits per heavy atom. The zero-order chi connectivity index (χ0) is 17.1. The van der Waals surface area contributed by atoms with Crippen molar-refractivity contribution < 1.29 is 14.7 Å². The topological polar surface area (TPSA) is 96.4 Å². The molecule has 3 rings (SSSR count). The Hall–Kier alpha value is -2.67. The molecule has 2 aromatic rings. The van der Waals surface area contributed by atoms with Crippen molar-refractivity contribution >= 4 is 11.9 Å². The number of hydrogen-bond donors (Lipinski definition) is 3. The van der Waals surface area contributed by atoms with Crippen LogP contribution in [0.5, 0.6) is 5.88 Å². The first kappa shape index (κ1) is 16.2. The number of hydroxylamine groups is 1. The average Bonchev–Trinajstić information content (AvgIpc) is 2.59. The van der Waals surface area contributed by atoms with Crippen molar-refractivity contribution in [2.24, 2.45) is 0 Å². The van der Waals surface area contributed by atoms with Crippen LogP contribution in [0.1, 0.15) is 33.6 Å². The van der Waals surface area contributed by atoms with Crippen LogP contribution in [0.15, 0.2) is 24.3 Å². The van der Waals surface area contributed by atoms with E-state index in [-0.39, 0.29) is 6.04 Å². The number of carbonyl (C=O) groups is 1.